The molecular weight excluding hydrogens is 208 g/mol. The van der Waals surface area contributed by atoms with Crippen LogP contribution >= 0.6 is 0 Å². The van der Waals surface area contributed by atoms with Crippen LogP contribution in [0, 0.1) is 22.7 Å². The number of rotatable bonds is 2. The van der Waals surface area contributed by atoms with Crippen molar-refractivity contribution in [2.24, 2.45) is 0 Å². The normalized spacial score (nSPS) is 8.62. The van der Waals surface area contributed by atoms with E-state index in [0.29, 0.717) is 5.56 Å². The first-order valence-electron chi connectivity index (χ1n) is 4.16. The lowest BCUT2D eigenvalue weighted by Crippen LogP contribution is -1.96. The quantitative estimate of drug-likeness (QED) is 0.726. The molecule has 0 aromatic heterocycles. The number of aromatic hydroxyl groups is 1. The molecule has 0 saturated carbocycles. The van der Waals surface area contributed by atoms with Crippen LogP contribution < -0.4 is 0 Å². The number of phenols is 1. The van der Waals surface area contributed by atoms with Gasteiger partial charge in [-0.15, -0.1) is 0 Å². The van der Waals surface area contributed by atoms with Crippen molar-refractivity contribution in [3.8, 4) is 17.9 Å². The molecule has 0 amide bonds. The molecule has 0 unspecified atom stereocenters. The van der Waals surface area contributed by atoms with Gasteiger partial charge in [0.15, 0.2) is 0 Å². The Hall–Kier alpha value is -2.79. The number of carbonyl (C=O) groups is 1. The van der Waals surface area contributed by atoms with E-state index < -0.39 is 5.97 Å². The Bertz CT molecular complexity index is 531. The second-order valence-electron chi connectivity index (χ2n) is 2.86. The topological polar surface area (TPSA) is 105 Å². The maximum atomic E-state index is 10.7. The Morgan fingerprint density at radius 2 is 1.94 bits per heavy atom. The third-order valence-corrected chi connectivity index (χ3v) is 1.80. The number of carboxylic acid groups (broad SMARTS) is 1. The lowest BCUT2D eigenvalue weighted by molar-refractivity contribution is 0.0693. The van der Waals surface area contributed by atoms with E-state index in [2.05, 4.69) is 0 Å². The molecule has 0 spiro atoms. The van der Waals surface area contributed by atoms with Gasteiger partial charge in [-0.05, 0) is 23.8 Å². The first-order chi connectivity index (χ1) is 7.58. The average Bonchev–Trinajstić information content (AvgIpc) is 2.27. The molecule has 1 aromatic rings. The van der Waals surface area contributed by atoms with Crippen molar-refractivity contribution in [2.45, 2.75) is 0 Å². The summed E-state index contributed by atoms with van der Waals surface area (Å²) in [4.78, 5) is 10.7. The molecule has 0 fully saturated rings. The van der Waals surface area contributed by atoms with Crippen LogP contribution in [0.4, 0.5) is 0 Å². The summed E-state index contributed by atoms with van der Waals surface area (Å²) in [5.41, 5.74) is -0.0423. The molecule has 1 aromatic carbocycles. The molecule has 0 atom stereocenters. The SMILES string of the molecule is N#CC(C#N)=Cc1ccc(O)c(C(=O)O)c1. The summed E-state index contributed by atoms with van der Waals surface area (Å²) in [6.07, 6.45) is 1.24. The molecule has 5 heteroatoms. The third kappa shape index (κ3) is 2.37. The summed E-state index contributed by atoms with van der Waals surface area (Å²) in [6.45, 7) is 0. The standard InChI is InChI=1S/C11H6N2O3/c12-5-8(6-13)3-7-1-2-10(14)9(4-7)11(15)16/h1-4,14H,(H,15,16). The Kier molecular flexibility index (Phi) is 3.26. The van der Waals surface area contributed by atoms with Crippen LogP contribution in [0.25, 0.3) is 6.08 Å². The van der Waals surface area contributed by atoms with Gasteiger partial charge in [0, 0.05) is 0 Å². The molecule has 78 valence electrons. The number of carboxylic acids is 1. The fraction of sp³-hybridized carbons (Fsp3) is 0. The number of benzene rings is 1. The van der Waals surface area contributed by atoms with Crippen LogP contribution in [0.1, 0.15) is 15.9 Å². The van der Waals surface area contributed by atoms with Gasteiger partial charge in [0.25, 0.3) is 0 Å². The molecule has 0 bridgehead atoms. The van der Waals surface area contributed by atoms with Gasteiger partial charge in [-0.2, -0.15) is 10.5 Å². The predicted molar refractivity (Wildman–Crippen MR) is 54.3 cm³/mol. The molecule has 0 aliphatic carbocycles. The predicted octanol–water partition coefficient (Wildman–Crippen LogP) is 1.52. The zero-order chi connectivity index (χ0) is 12.1. The molecule has 0 saturated heterocycles. The molecule has 5 nitrogen and oxygen atoms in total. The maximum absolute atomic E-state index is 10.7. The van der Waals surface area contributed by atoms with Crippen molar-refractivity contribution in [2.75, 3.05) is 0 Å². The van der Waals surface area contributed by atoms with Crippen LogP contribution in [-0.2, 0) is 0 Å². The number of nitriles is 2. The average molecular weight is 214 g/mol. The van der Waals surface area contributed by atoms with E-state index in [0.717, 1.165) is 0 Å². The largest absolute Gasteiger partial charge is 0.507 e. The number of hydrogen-bond acceptors (Lipinski definition) is 4. The molecule has 0 radical (unpaired) electrons. The molecule has 16 heavy (non-hydrogen) atoms. The number of hydrogen-bond donors (Lipinski definition) is 2. The van der Waals surface area contributed by atoms with Crippen LogP contribution in [0.5, 0.6) is 5.75 Å². The van der Waals surface area contributed by atoms with Crippen LogP contribution in [0.2, 0.25) is 0 Å². The second-order valence-corrected chi connectivity index (χ2v) is 2.86. The monoisotopic (exact) mass is 214 g/mol. The number of allylic oxidation sites excluding steroid dienone is 1. The van der Waals surface area contributed by atoms with Crippen LogP contribution in [0.3, 0.4) is 0 Å². The van der Waals surface area contributed by atoms with Crippen molar-refractivity contribution in [1.82, 2.24) is 0 Å². The Balaban J connectivity index is 3.26. The van der Waals surface area contributed by atoms with E-state index in [4.69, 9.17) is 15.6 Å². The summed E-state index contributed by atoms with van der Waals surface area (Å²) >= 11 is 0. The van der Waals surface area contributed by atoms with Crippen molar-refractivity contribution >= 4 is 12.0 Å². The molecular formula is C11H6N2O3. The summed E-state index contributed by atoms with van der Waals surface area (Å²) in [6, 6.07) is 7.10. The lowest BCUT2D eigenvalue weighted by atomic mass is 10.1. The van der Waals surface area contributed by atoms with Gasteiger partial charge in [-0.3, -0.25) is 0 Å². The lowest BCUT2D eigenvalue weighted by Gasteiger charge is -2.00. The minimum atomic E-state index is -1.27. The number of nitrogens with zero attached hydrogens (tertiary/aromatic N) is 2. The number of aromatic carboxylic acids is 1. The Morgan fingerprint density at radius 3 is 2.44 bits per heavy atom. The van der Waals surface area contributed by atoms with Gasteiger partial charge in [-0.25, -0.2) is 4.79 Å². The molecule has 2 N–H and O–H groups in total. The van der Waals surface area contributed by atoms with E-state index in [9.17, 15) is 9.90 Å². The van der Waals surface area contributed by atoms with E-state index in [-0.39, 0.29) is 16.9 Å². The highest BCUT2D eigenvalue weighted by molar-refractivity contribution is 5.91. The minimum absolute atomic E-state index is 0.137. The Labute approximate surface area is 91.1 Å². The summed E-state index contributed by atoms with van der Waals surface area (Å²) < 4.78 is 0. The molecule has 0 aliphatic rings. The maximum Gasteiger partial charge on any atom is 0.339 e. The smallest absolute Gasteiger partial charge is 0.339 e. The highest BCUT2D eigenvalue weighted by atomic mass is 16.4. The van der Waals surface area contributed by atoms with Crippen molar-refractivity contribution in [3.05, 3.63) is 34.9 Å². The highest BCUT2D eigenvalue weighted by Crippen LogP contribution is 2.19. The van der Waals surface area contributed by atoms with Gasteiger partial charge in [-0.1, -0.05) is 6.07 Å². The first kappa shape index (κ1) is 11.3. The van der Waals surface area contributed by atoms with Gasteiger partial charge in [0.05, 0.1) is 0 Å². The second kappa shape index (κ2) is 4.63. The fourth-order valence-electron chi connectivity index (χ4n) is 1.07. The fourth-order valence-corrected chi connectivity index (χ4v) is 1.07. The summed E-state index contributed by atoms with van der Waals surface area (Å²) in [7, 11) is 0. The molecule has 1 rings (SSSR count). The Morgan fingerprint density at radius 1 is 1.31 bits per heavy atom. The third-order valence-electron chi connectivity index (χ3n) is 1.80. The van der Waals surface area contributed by atoms with Crippen molar-refractivity contribution in [3.63, 3.8) is 0 Å². The highest BCUT2D eigenvalue weighted by Gasteiger charge is 2.09. The first-order valence-corrected chi connectivity index (χ1v) is 4.16. The minimum Gasteiger partial charge on any atom is -0.507 e. The van der Waals surface area contributed by atoms with Crippen molar-refractivity contribution in [1.29, 1.82) is 10.5 Å². The van der Waals surface area contributed by atoms with E-state index in [1.807, 2.05) is 0 Å². The van der Waals surface area contributed by atoms with Gasteiger partial charge >= 0.3 is 5.97 Å². The van der Waals surface area contributed by atoms with E-state index in [1.165, 1.54) is 24.3 Å². The van der Waals surface area contributed by atoms with Crippen LogP contribution in [-0.4, -0.2) is 16.2 Å². The zero-order valence-corrected chi connectivity index (χ0v) is 8.01. The van der Waals surface area contributed by atoms with Crippen LogP contribution in [0.15, 0.2) is 23.8 Å². The van der Waals surface area contributed by atoms with Gasteiger partial charge < -0.3 is 10.2 Å². The van der Waals surface area contributed by atoms with E-state index in [1.54, 1.807) is 12.1 Å². The van der Waals surface area contributed by atoms with Crippen molar-refractivity contribution < 1.29 is 15.0 Å². The molecule has 0 aliphatic heterocycles. The zero-order valence-electron chi connectivity index (χ0n) is 8.01. The summed E-state index contributed by atoms with van der Waals surface area (Å²) in [5, 5.41) is 35.0. The van der Waals surface area contributed by atoms with E-state index >= 15 is 0 Å². The summed E-state index contributed by atoms with van der Waals surface area (Å²) in [5.74, 6) is -1.64. The van der Waals surface area contributed by atoms with Gasteiger partial charge in [0.2, 0.25) is 0 Å². The molecule has 0 heterocycles. The van der Waals surface area contributed by atoms with Gasteiger partial charge in [0.1, 0.15) is 29.0 Å².